The monoisotopic (exact) mass is 326 g/mol. The van der Waals surface area contributed by atoms with E-state index in [9.17, 15) is 13.2 Å². The van der Waals surface area contributed by atoms with Crippen LogP contribution in [0.5, 0.6) is 0 Å². The highest BCUT2D eigenvalue weighted by molar-refractivity contribution is 7.91. The van der Waals surface area contributed by atoms with E-state index in [-0.39, 0.29) is 23.5 Å². The lowest BCUT2D eigenvalue weighted by Gasteiger charge is -2.28. The Labute approximate surface area is 128 Å². The van der Waals surface area contributed by atoms with Crippen molar-refractivity contribution in [1.82, 2.24) is 5.01 Å². The molecule has 112 valence electrons. The van der Waals surface area contributed by atoms with Gasteiger partial charge in [0.25, 0.3) is 0 Å². The molecule has 0 radical (unpaired) electrons. The molecule has 0 N–H and O–H groups in total. The number of carbonyl (C=O) groups excluding carboxylic acids is 1. The van der Waals surface area contributed by atoms with Gasteiger partial charge in [-0.2, -0.15) is 5.10 Å². The topological polar surface area (TPSA) is 66.8 Å². The van der Waals surface area contributed by atoms with Gasteiger partial charge in [-0.1, -0.05) is 23.7 Å². The number of halogens is 1. The lowest BCUT2D eigenvalue weighted by Crippen LogP contribution is -2.40. The van der Waals surface area contributed by atoms with E-state index < -0.39 is 9.84 Å². The van der Waals surface area contributed by atoms with Crippen molar-refractivity contribution in [2.75, 3.05) is 11.5 Å². The zero-order chi connectivity index (χ0) is 15.0. The Balaban J connectivity index is 1.88. The first kappa shape index (κ1) is 14.5. The average Bonchev–Trinajstić information content (AvgIpc) is 2.80. The summed E-state index contributed by atoms with van der Waals surface area (Å²) in [6, 6.07) is 6.95. The molecule has 0 aromatic heterocycles. The van der Waals surface area contributed by atoms with Crippen molar-refractivity contribution in [1.29, 1.82) is 0 Å². The molecular weight excluding hydrogens is 312 g/mol. The second kappa shape index (κ2) is 5.42. The Morgan fingerprint density at radius 3 is 2.52 bits per heavy atom. The summed E-state index contributed by atoms with van der Waals surface area (Å²) in [6.07, 6.45) is 1.39. The zero-order valence-corrected chi connectivity index (χ0v) is 12.9. The summed E-state index contributed by atoms with van der Waals surface area (Å²) < 4.78 is 23.2. The van der Waals surface area contributed by atoms with E-state index in [1.54, 1.807) is 12.1 Å². The maximum Gasteiger partial charge on any atom is 0.243 e. The van der Waals surface area contributed by atoms with Crippen LogP contribution in [0.25, 0.3) is 0 Å². The zero-order valence-electron chi connectivity index (χ0n) is 11.3. The van der Waals surface area contributed by atoms with Gasteiger partial charge in [0, 0.05) is 17.9 Å². The van der Waals surface area contributed by atoms with Gasteiger partial charge >= 0.3 is 0 Å². The molecule has 1 atom stereocenters. The third-order valence-electron chi connectivity index (χ3n) is 3.79. The molecular formula is C14H15ClN2O3S. The van der Waals surface area contributed by atoms with Gasteiger partial charge in [-0.05, 0) is 24.1 Å². The Kier molecular flexibility index (Phi) is 3.75. The summed E-state index contributed by atoms with van der Waals surface area (Å²) in [5.41, 5.74) is 1.72. The van der Waals surface area contributed by atoms with Crippen LogP contribution in [0.4, 0.5) is 0 Å². The van der Waals surface area contributed by atoms with Crippen LogP contribution in [-0.2, 0) is 14.6 Å². The third-order valence-corrected chi connectivity index (χ3v) is 5.79. The molecule has 0 aliphatic carbocycles. The first-order valence-corrected chi connectivity index (χ1v) is 9.00. The Morgan fingerprint density at radius 2 is 1.90 bits per heavy atom. The summed E-state index contributed by atoms with van der Waals surface area (Å²) in [5.74, 6) is 0.0402. The number of nitrogens with zero attached hydrogens (tertiary/aromatic N) is 2. The highest BCUT2D eigenvalue weighted by atomic mass is 35.5. The van der Waals surface area contributed by atoms with Gasteiger partial charge in [0.1, 0.15) is 0 Å². The number of benzene rings is 1. The summed E-state index contributed by atoms with van der Waals surface area (Å²) >= 11 is 5.87. The molecule has 2 heterocycles. The van der Waals surface area contributed by atoms with Crippen molar-refractivity contribution in [3.63, 3.8) is 0 Å². The van der Waals surface area contributed by atoms with Gasteiger partial charge in [-0.15, -0.1) is 0 Å². The van der Waals surface area contributed by atoms with Gasteiger partial charge in [-0.3, -0.25) is 4.79 Å². The Hall–Kier alpha value is -1.40. The second-order valence-corrected chi connectivity index (χ2v) is 8.01. The third kappa shape index (κ3) is 3.11. The predicted molar refractivity (Wildman–Crippen MR) is 81.1 cm³/mol. The minimum Gasteiger partial charge on any atom is -0.273 e. The first-order chi connectivity index (χ1) is 9.94. The summed E-state index contributed by atoms with van der Waals surface area (Å²) in [5, 5.41) is 6.42. The molecule has 1 saturated heterocycles. The normalized spacial score (nSPS) is 25.0. The molecule has 5 nitrogen and oxygen atoms in total. The molecule has 1 aromatic rings. The van der Waals surface area contributed by atoms with Crippen LogP contribution in [-0.4, -0.2) is 42.6 Å². The van der Waals surface area contributed by atoms with Gasteiger partial charge in [0.05, 0.1) is 23.3 Å². The molecule has 21 heavy (non-hydrogen) atoms. The minimum atomic E-state index is -3.04. The summed E-state index contributed by atoms with van der Waals surface area (Å²) in [6.45, 7) is 0. The van der Waals surface area contributed by atoms with Crippen LogP contribution in [0.2, 0.25) is 5.02 Å². The molecule has 7 heteroatoms. The van der Waals surface area contributed by atoms with Crippen LogP contribution in [0, 0.1) is 0 Å². The smallest absolute Gasteiger partial charge is 0.243 e. The van der Waals surface area contributed by atoms with Crippen molar-refractivity contribution in [2.24, 2.45) is 5.10 Å². The van der Waals surface area contributed by atoms with Crippen molar-refractivity contribution in [3.05, 3.63) is 34.9 Å². The Morgan fingerprint density at radius 1 is 1.19 bits per heavy atom. The van der Waals surface area contributed by atoms with Crippen LogP contribution in [0.15, 0.2) is 29.4 Å². The molecule has 0 saturated carbocycles. The second-order valence-electron chi connectivity index (χ2n) is 5.35. The van der Waals surface area contributed by atoms with E-state index >= 15 is 0 Å². The number of amides is 1. The molecule has 1 amide bonds. The summed E-state index contributed by atoms with van der Waals surface area (Å²) in [4.78, 5) is 12.0. The molecule has 3 rings (SSSR count). The Bertz CT molecular complexity index is 697. The molecule has 0 spiro atoms. The van der Waals surface area contributed by atoms with Crippen LogP contribution in [0.1, 0.15) is 24.8 Å². The minimum absolute atomic E-state index is 0.0101. The fourth-order valence-corrected chi connectivity index (χ4v) is 4.49. The number of hydrogen-bond donors (Lipinski definition) is 0. The van der Waals surface area contributed by atoms with E-state index in [0.717, 1.165) is 11.3 Å². The molecule has 0 bridgehead atoms. The predicted octanol–water partition coefficient (Wildman–Crippen LogP) is 1.85. The van der Waals surface area contributed by atoms with Crippen molar-refractivity contribution < 1.29 is 13.2 Å². The SMILES string of the molecule is O=C1CCC(c2ccc(Cl)cc2)=NN1[C@H]1CCS(=O)(=O)C1. The quantitative estimate of drug-likeness (QED) is 0.833. The van der Waals surface area contributed by atoms with E-state index in [4.69, 9.17) is 11.6 Å². The fraction of sp³-hybridized carbons (Fsp3) is 0.429. The average molecular weight is 327 g/mol. The lowest BCUT2D eigenvalue weighted by molar-refractivity contribution is -0.133. The van der Waals surface area contributed by atoms with Crippen LogP contribution in [0.3, 0.4) is 0 Å². The summed E-state index contributed by atoms with van der Waals surface area (Å²) in [7, 11) is -3.04. The molecule has 0 unspecified atom stereocenters. The number of rotatable bonds is 2. The first-order valence-electron chi connectivity index (χ1n) is 6.80. The highest BCUT2D eigenvalue weighted by Crippen LogP contribution is 2.24. The molecule has 2 aliphatic rings. The largest absolute Gasteiger partial charge is 0.273 e. The van der Waals surface area contributed by atoms with Gasteiger partial charge in [-0.25, -0.2) is 13.4 Å². The van der Waals surface area contributed by atoms with Crippen molar-refractivity contribution in [3.8, 4) is 0 Å². The molecule has 1 aromatic carbocycles. The van der Waals surface area contributed by atoms with Crippen molar-refractivity contribution >= 4 is 33.1 Å². The van der Waals surface area contributed by atoms with E-state index in [0.29, 0.717) is 24.3 Å². The van der Waals surface area contributed by atoms with E-state index in [1.807, 2.05) is 12.1 Å². The molecule has 2 aliphatic heterocycles. The lowest BCUT2D eigenvalue weighted by atomic mass is 10.0. The van der Waals surface area contributed by atoms with Gasteiger partial charge in [0.15, 0.2) is 9.84 Å². The maximum atomic E-state index is 12.0. The standard InChI is InChI=1S/C14H15ClN2O3S/c15-11-3-1-10(2-4-11)13-5-6-14(18)17(16-13)12-7-8-21(19,20)9-12/h1-4,12H,5-9H2/t12-/m0/s1. The van der Waals surface area contributed by atoms with Crippen LogP contribution < -0.4 is 0 Å². The van der Waals surface area contributed by atoms with Crippen LogP contribution >= 0.6 is 11.6 Å². The fourth-order valence-electron chi connectivity index (χ4n) is 2.67. The van der Waals surface area contributed by atoms with E-state index in [2.05, 4.69) is 5.10 Å². The number of sulfone groups is 1. The van der Waals surface area contributed by atoms with Crippen molar-refractivity contribution in [2.45, 2.75) is 25.3 Å². The number of hydrazone groups is 1. The van der Waals surface area contributed by atoms with Gasteiger partial charge in [0.2, 0.25) is 5.91 Å². The van der Waals surface area contributed by atoms with Gasteiger partial charge < -0.3 is 0 Å². The number of carbonyl (C=O) groups is 1. The van der Waals surface area contributed by atoms with E-state index in [1.165, 1.54) is 5.01 Å². The highest BCUT2D eigenvalue weighted by Gasteiger charge is 2.36. The molecule has 1 fully saturated rings. The number of hydrogen-bond acceptors (Lipinski definition) is 4. The maximum absolute atomic E-state index is 12.0.